The van der Waals surface area contributed by atoms with Crippen LogP contribution in [0.2, 0.25) is 5.15 Å². The van der Waals surface area contributed by atoms with E-state index in [0.29, 0.717) is 17.0 Å². The molecule has 0 saturated carbocycles. The van der Waals surface area contributed by atoms with Gasteiger partial charge in [0.15, 0.2) is 5.15 Å². The number of rotatable bonds is 4. The number of hydrogen-bond donors (Lipinski definition) is 2. The SMILES string of the molecule is CC(=O)Nc1ccc(F)c(NC(=O)/C=C/c2c(Cl)nc3ccccn23)c1. The minimum Gasteiger partial charge on any atom is -0.326 e. The maximum Gasteiger partial charge on any atom is 0.248 e. The molecule has 0 radical (unpaired) electrons. The Kier molecular flexibility index (Phi) is 4.99. The highest BCUT2D eigenvalue weighted by Crippen LogP contribution is 2.21. The lowest BCUT2D eigenvalue weighted by molar-refractivity contribution is -0.114. The topological polar surface area (TPSA) is 75.5 Å². The normalized spacial score (nSPS) is 11.0. The number of nitrogens with zero attached hydrogens (tertiary/aromatic N) is 2. The molecular formula is C18H14ClFN4O2. The van der Waals surface area contributed by atoms with Gasteiger partial charge in [0.2, 0.25) is 11.8 Å². The summed E-state index contributed by atoms with van der Waals surface area (Å²) in [6.45, 7) is 1.34. The lowest BCUT2D eigenvalue weighted by Crippen LogP contribution is -2.11. The minimum atomic E-state index is -0.617. The fourth-order valence-electron chi connectivity index (χ4n) is 2.37. The van der Waals surface area contributed by atoms with Crippen molar-refractivity contribution in [2.45, 2.75) is 6.92 Å². The van der Waals surface area contributed by atoms with Crippen molar-refractivity contribution in [1.82, 2.24) is 9.38 Å². The van der Waals surface area contributed by atoms with E-state index < -0.39 is 11.7 Å². The van der Waals surface area contributed by atoms with Crippen molar-refractivity contribution >= 4 is 46.5 Å². The summed E-state index contributed by atoms with van der Waals surface area (Å²) < 4.78 is 15.6. The van der Waals surface area contributed by atoms with Crippen LogP contribution in [0.1, 0.15) is 12.6 Å². The lowest BCUT2D eigenvalue weighted by Gasteiger charge is -2.07. The maximum atomic E-state index is 13.9. The number of nitrogens with one attached hydrogen (secondary N) is 2. The van der Waals surface area contributed by atoms with Crippen LogP contribution in [0.15, 0.2) is 48.7 Å². The number of pyridine rings is 1. The van der Waals surface area contributed by atoms with Gasteiger partial charge in [-0.15, -0.1) is 0 Å². The van der Waals surface area contributed by atoms with E-state index in [0.717, 1.165) is 6.07 Å². The molecule has 0 atom stereocenters. The molecule has 2 amide bonds. The van der Waals surface area contributed by atoms with E-state index in [2.05, 4.69) is 15.6 Å². The largest absolute Gasteiger partial charge is 0.326 e. The van der Waals surface area contributed by atoms with Crippen molar-refractivity contribution in [2.75, 3.05) is 10.6 Å². The summed E-state index contributed by atoms with van der Waals surface area (Å²) in [5, 5.41) is 5.20. The van der Waals surface area contributed by atoms with E-state index >= 15 is 0 Å². The van der Waals surface area contributed by atoms with Crippen LogP contribution < -0.4 is 10.6 Å². The molecule has 0 aliphatic rings. The van der Waals surface area contributed by atoms with Crippen molar-refractivity contribution < 1.29 is 14.0 Å². The molecule has 0 bridgehead atoms. The molecule has 1 aromatic carbocycles. The number of hydrogen-bond acceptors (Lipinski definition) is 3. The zero-order chi connectivity index (χ0) is 18.7. The van der Waals surface area contributed by atoms with Gasteiger partial charge in [0.05, 0.1) is 11.4 Å². The molecule has 26 heavy (non-hydrogen) atoms. The predicted octanol–water partition coefficient (Wildman–Crippen LogP) is 3.74. The summed E-state index contributed by atoms with van der Waals surface area (Å²) in [4.78, 5) is 27.4. The maximum absolute atomic E-state index is 13.9. The van der Waals surface area contributed by atoms with Crippen LogP contribution in [0, 0.1) is 5.82 Å². The fraction of sp³-hybridized carbons (Fsp3) is 0.0556. The van der Waals surface area contributed by atoms with Crippen molar-refractivity contribution in [3.8, 4) is 0 Å². The molecule has 2 heterocycles. The first-order valence-electron chi connectivity index (χ1n) is 7.63. The first-order valence-corrected chi connectivity index (χ1v) is 8.00. The first kappa shape index (κ1) is 17.6. The standard InChI is InChI=1S/C18H14ClFN4O2/c1-11(25)21-12-5-6-13(20)14(10-12)22-17(26)8-7-15-18(19)23-16-4-2-3-9-24(15)16/h2-10H,1H3,(H,21,25)(H,22,26)/b8-7+. The Balaban J connectivity index is 1.79. The van der Waals surface area contributed by atoms with E-state index in [1.165, 1.54) is 31.2 Å². The van der Waals surface area contributed by atoms with Gasteiger partial charge in [0.1, 0.15) is 11.5 Å². The number of imidazole rings is 1. The first-order chi connectivity index (χ1) is 12.4. The third-order valence-corrected chi connectivity index (χ3v) is 3.74. The second-order valence-electron chi connectivity index (χ2n) is 5.42. The average molecular weight is 373 g/mol. The molecule has 8 heteroatoms. The van der Waals surface area contributed by atoms with Gasteiger partial charge >= 0.3 is 0 Å². The summed E-state index contributed by atoms with van der Waals surface area (Å²) in [6.07, 6.45) is 4.49. The summed E-state index contributed by atoms with van der Waals surface area (Å²) >= 11 is 6.09. The number of aromatic nitrogens is 2. The molecule has 0 aliphatic carbocycles. The molecule has 0 unspecified atom stereocenters. The highest BCUT2D eigenvalue weighted by Gasteiger charge is 2.09. The number of carbonyl (C=O) groups is 2. The van der Waals surface area contributed by atoms with Gasteiger partial charge < -0.3 is 10.6 Å². The second-order valence-corrected chi connectivity index (χ2v) is 5.77. The Labute approximate surface area is 153 Å². The number of amides is 2. The van der Waals surface area contributed by atoms with Crippen molar-refractivity contribution in [1.29, 1.82) is 0 Å². The van der Waals surface area contributed by atoms with E-state index in [9.17, 15) is 14.0 Å². The van der Waals surface area contributed by atoms with Gasteiger partial charge in [-0.2, -0.15) is 0 Å². The summed E-state index contributed by atoms with van der Waals surface area (Å²) in [7, 11) is 0. The van der Waals surface area contributed by atoms with Crippen LogP contribution in [-0.2, 0) is 9.59 Å². The molecule has 132 valence electrons. The number of halogens is 2. The van der Waals surface area contributed by atoms with E-state index in [-0.39, 0.29) is 16.7 Å². The minimum absolute atomic E-state index is 0.0462. The molecule has 2 N–H and O–H groups in total. The van der Waals surface area contributed by atoms with Gasteiger partial charge in [0, 0.05) is 24.9 Å². The Morgan fingerprint density at radius 3 is 2.81 bits per heavy atom. The van der Waals surface area contributed by atoms with Gasteiger partial charge in [-0.3, -0.25) is 14.0 Å². The van der Waals surface area contributed by atoms with Crippen LogP contribution in [0.3, 0.4) is 0 Å². The Hall–Kier alpha value is -3.19. The van der Waals surface area contributed by atoms with Crippen LogP contribution in [-0.4, -0.2) is 21.2 Å². The number of carbonyl (C=O) groups excluding carboxylic acids is 2. The Morgan fingerprint density at radius 1 is 1.23 bits per heavy atom. The van der Waals surface area contributed by atoms with Crippen LogP contribution in [0.5, 0.6) is 0 Å². The monoisotopic (exact) mass is 372 g/mol. The summed E-state index contributed by atoms with van der Waals surface area (Å²) in [6, 6.07) is 9.32. The number of anilines is 2. The molecule has 0 fully saturated rings. The molecule has 3 rings (SSSR count). The average Bonchev–Trinajstić information content (AvgIpc) is 2.91. The molecule has 3 aromatic rings. The Morgan fingerprint density at radius 2 is 2.04 bits per heavy atom. The highest BCUT2D eigenvalue weighted by molar-refractivity contribution is 6.31. The second kappa shape index (κ2) is 7.37. The van der Waals surface area contributed by atoms with Gasteiger partial charge in [-0.1, -0.05) is 17.7 Å². The predicted molar refractivity (Wildman–Crippen MR) is 98.6 cm³/mol. The molecule has 2 aromatic heterocycles. The van der Waals surface area contributed by atoms with Crippen LogP contribution in [0.25, 0.3) is 11.7 Å². The van der Waals surface area contributed by atoms with E-state index in [1.54, 1.807) is 16.7 Å². The fourth-order valence-corrected chi connectivity index (χ4v) is 2.61. The highest BCUT2D eigenvalue weighted by atomic mass is 35.5. The quantitative estimate of drug-likeness (QED) is 0.685. The lowest BCUT2D eigenvalue weighted by atomic mass is 10.2. The van der Waals surface area contributed by atoms with Crippen molar-refractivity contribution in [2.24, 2.45) is 0 Å². The van der Waals surface area contributed by atoms with E-state index in [4.69, 9.17) is 11.6 Å². The van der Waals surface area contributed by atoms with Crippen molar-refractivity contribution in [3.63, 3.8) is 0 Å². The Bertz CT molecular complexity index is 1030. The van der Waals surface area contributed by atoms with Gasteiger partial charge in [-0.25, -0.2) is 9.37 Å². The summed E-state index contributed by atoms with van der Waals surface area (Å²) in [5.74, 6) is -1.46. The van der Waals surface area contributed by atoms with E-state index in [1.807, 2.05) is 12.1 Å². The molecular weight excluding hydrogens is 359 g/mol. The molecule has 0 spiro atoms. The van der Waals surface area contributed by atoms with Crippen LogP contribution in [0.4, 0.5) is 15.8 Å². The number of benzene rings is 1. The number of fused-ring (bicyclic) bond motifs is 1. The molecule has 6 nitrogen and oxygen atoms in total. The van der Waals surface area contributed by atoms with Crippen LogP contribution >= 0.6 is 11.6 Å². The molecule has 0 saturated heterocycles. The van der Waals surface area contributed by atoms with Crippen molar-refractivity contribution in [3.05, 3.63) is 65.3 Å². The van der Waals surface area contributed by atoms with Gasteiger partial charge in [-0.05, 0) is 36.4 Å². The third kappa shape index (κ3) is 3.89. The smallest absolute Gasteiger partial charge is 0.248 e. The summed E-state index contributed by atoms with van der Waals surface area (Å²) in [5.41, 5.74) is 1.51. The molecule has 0 aliphatic heterocycles. The zero-order valence-electron chi connectivity index (χ0n) is 13.7. The zero-order valence-corrected chi connectivity index (χ0v) is 14.4. The third-order valence-electron chi connectivity index (χ3n) is 3.46. The van der Waals surface area contributed by atoms with Gasteiger partial charge in [0.25, 0.3) is 0 Å².